The van der Waals surface area contributed by atoms with Gasteiger partial charge in [-0.3, -0.25) is 0 Å². The molecule has 3 nitrogen and oxygen atoms in total. The van der Waals surface area contributed by atoms with E-state index in [9.17, 15) is 9.59 Å². The largest absolute Gasteiger partial charge is 0.462 e. The van der Waals surface area contributed by atoms with Gasteiger partial charge in [-0.05, 0) is 6.42 Å². The van der Waals surface area contributed by atoms with Gasteiger partial charge in [-0.25, -0.2) is 4.79 Å². The van der Waals surface area contributed by atoms with Crippen molar-refractivity contribution in [2.24, 2.45) is 5.41 Å². The molecular weight excluding hydrogens is 292 g/mol. The van der Waals surface area contributed by atoms with E-state index < -0.39 is 13.5 Å². The molecule has 0 aliphatic carbocycles. The van der Waals surface area contributed by atoms with Crippen LogP contribution in [0.1, 0.15) is 20.3 Å². The molecule has 1 fully saturated rings. The molecule has 2 rings (SSSR count). The fourth-order valence-corrected chi connectivity index (χ4v) is 5.75. The third kappa shape index (κ3) is 3.38. The van der Waals surface area contributed by atoms with Crippen molar-refractivity contribution in [1.29, 1.82) is 0 Å². The molecule has 0 unspecified atom stereocenters. The standard InChI is InChI=1S/C18H24O3Si/c1-18(2,13-19)11-10-15-16(12-21-17(15)20)22(3,4)14-8-6-5-7-9-14/h5-10,13,16H,11-12H2,1-4H3/b15-10-/t16-/m0/s1. The summed E-state index contributed by atoms with van der Waals surface area (Å²) in [7, 11) is -1.86. The molecule has 1 saturated heterocycles. The molecule has 0 N–H and O–H groups in total. The van der Waals surface area contributed by atoms with Crippen LogP contribution >= 0.6 is 0 Å². The first-order valence-corrected chi connectivity index (χ1v) is 10.7. The minimum absolute atomic E-state index is 0.143. The second-order valence-corrected chi connectivity index (χ2v) is 11.9. The molecule has 118 valence electrons. The summed E-state index contributed by atoms with van der Waals surface area (Å²) < 4.78 is 5.32. The number of hydrogen-bond acceptors (Lipinski definition) is 3. The molecule has 1 aliphatic rings. The second-order valence-electron chi connectivity index (χ2n) is 7.21. The van der Waals surface area contributed by atoms with E-state index in [4.69, 9.17) is 4.74 Å². The smallest absolute Gasteiger partial charge is 0.333 e. The summed E-state index contributed by atoms with van der Waals surface area (Å²) >= 11 is 0. The van der Waals surface area contributed by atoms with Gasteiger partial charge in [-0.15, -0.1) is 0 Å². The number of aldehydes is 1. The molecule has 0 bridgehead atoms. The number of rotatable bonds is 5. The predicted octanol–water partition coefficient (Wildman–Crippen LogP) is 3.07. The molecule has 1 atom stereocenters. The number of benzene rings is 1. The van der Waals surface area contributed by atoms with Crippen molar-refractivity contribution >= 4 is 25.5 Å². The molecule has 0 spiro atoms. The van der Waals surface area contributed by atoms with Crippen molar-refractivity contribution in [2.45, 2.75) is 38.9 Å². The number of esters is 1. The quantitative estimate of drug-likeness (QED) is 0.363. The van der Waals surface area contributed by atoms with Gasteiger partial charge in [0.2, 0.25) is 0 Å². The van der Waals surface area contributed by atoms with Crippen LogP contribution in [0.4, 0.5) is 0 Å². The van der Waals surface area contributed by atoms with Crippen LogP contribution in [0.3, 0.4) is 0 Å². The SMILES string of the molecule is CC(C)(C=O)C/C=C1\C(=O)OC[C@@H]1[Si](C)(C)c1ccccc1. The number of carbonyl (C=O) groups is 2. The van der Waals surface area contributed by atoms with Crippen molar-refractivity contribution in [2.75, 3.05) is 6.61 Å². The van der Waals surface area contributed by atoms with Crippen LogP contribution in [-0.4, -0.2) is 26.9 Å². The number of allylic oxidation sites excluding steroid dienone is 1. The third-order valence-corrected chi connectivity index (χ3v) is 8.59. The highest BCUT2D eigenvalue weighted by atomic mass is 28.3. The lowest BCUT2D eigenvalue weighted by Crippen LogP contribution is -2.46. The van der Waals surface area contributed by atoms with Crippen LogP contribution in [0.5, 0.6) is 0 Å². The average molecular weight is 316 g/mol. The Hall–Kier alpha value is -1.68. The summed E-state index contributed by atoms with van der Waals surface area (Å²) in [4.78, 5) is 23.2. The lowest BCUT2D eigenvalue weighted by atomic mass is 9.90. The summed E-state index contributed by atoms with van der Waals surface area (Å²) in [6, 6.07) is 10.4. The Kier molecular flexibility index (Phi) is 4.71. The first-order valence-electron chi connectivity index (χ1n) is 7.67. The summed E-state index contributed by atoms with van der Waals surface area (Å²) in [5.41, 5.74) is 0.457. The van der Waals surface area contributed by atoms with Crippen LogP contribution in [-0.2, 0) is 14.3 Å². The fraction of sp³-hybridized carbons (Fsp3) is 0.444. The van der Waals surface area contributed by atoms with Gasteiger partial charge in [0.25, 0.3) is 0 Å². The normalized spacial score (nSPS) is 21.0. The minimum Gasteiger partial charge on any atom is -0.462 e. The van der Waals surface area contributed by atoms with E-state index in [0.29, 0.717) is 13.0 Å². The van der Waals surface area contributed by atoms with E-state index in [0.717, 1.165) is 11.9 Å². The molecule has 0 amide bonds. The Morgan fingerprint density at radius 1 is 1.27 bits per heavy atom. The summed E-state index contributed by atoms with van der Waals surface area (Å²) in [5, 5.41) is 1.32. The van der Waals surface area contributed by atoms with Crippen molar-refractivity contribution in [1.82, 2.24) is 0 Å². The highest BCUT2D eigenvalue weighted by Crippen LogP contribution is 2.37. The topological polar surface area (TPSA) is 43.4 Å². The van der Waals surface area contributed by atoms with E-state index in [1.807, 2.05) is 38.1 Å². The maximum atomic E-state index is 12.1. The van der Waals surface area contributed by atoms with E-state index in [-0.39, 0.29) is 11.5 Å². The zero-order chi connectivity index (χ0) is 16.4. The molecule has 0 saturated carbocycles. The molecule has 1 heterocycles. The second kappa shape index (κ2) is 6.21. The number of ether oxygens (including phenoxy) is 1. The van der Waals surface area contributed by atoms with Crippen molar-refractivity contribution in [3.63, 3.8) is 0 Å². The average Bonchev–Trinajstić information content (AvgIpc) is 2.88. The van der Waals surface area contributed by atoms with Crippen LogP contribution in [0, 0.1) is 5.41 Å². The van der Waals surface area contributed by atoms with Gasteiger partial charge in [0.15, 0.2) is 0 Å². The number of cyclic esters (lactones) is 1. The minimum atomic E-state index is -1.86. The van der Waals surface area contributed by atoms with E-state index in [1.165, 1.54) is 5.19 Å². The van der Waals surface area contributed by atoms with E-state index >= 15 is 0 Å². The van der Waals surface area contributed by atoms with E-state index in [1.54, 1.807) is 0 Å². The molecule has 1 aromatic rings. The molecule has 1 aliphatic heterocycles. The van der Waals surface area contributed by atoms with Crippen LogP contribution in [0.25, 0.3) is 0 Å². The fourth-order valence-electron chi connectivity index (χ4n) is 2.79. The van der Waals surface area contributed by atoms with Gasteiger partial charge in [0.1, 0.15) is 6.29 Å². The first-order chi connectivity index (χ1) is 10.3. The van der Waals surface area contributed by atoms with Gasteiger partial charge in [0.05, 0.1) is 14.7 Å². The first kappa shape index (κ1) is 16.7. The van der Waals surface area contributed by atoms with Gasteiger partial charge < -0.3 is 9.53 Å². The number of hydrogen-bond donors (Lipinski definition) is 0. The van der Waals surface area contributed by atoms with Crippen molar-refractivity contribution in [3.8, 4) is 0 Å². The maximum Gasteiger partial charge on any atom is 0.333 e. The Balaban J connectivity index is 2.31. The van der Waals surface area contributed by atoms with Crippen molar-refractivity contribution in [3.05, 3.63) is 42.0 Å². The lowest BCUT2D eigenvalue weighted by Gasteiger charge is -2.29. The molecule has 0 radical (unpaired) electrons. The monoisotopic (exact) mass is 316 g/mol. The predicted molar refractivity (Wildman–Crippen MR) is 90.8 cm³/mol. The molecule has 22 heavy (non-hydrogen) atoms. The molecular formula is C18H24O3Si. The Morgan fingerprint density at radius 2 is 1.91 bits per heavy atom. The summed E-state index contributed by atoms with van der Waals surface area (Å²) in [6.07, 6.45) is 3.43. The Bertz CT molecular complexity index is 588. The van der Waals surface area contributed by atoms with E-state index in [2.05, 4.69) is 25.2 Å². The third-order valence-electron chi connectivity index (χ3n) is 4.55. The number of carbonyl (C=O) groups excluding carboxylic acids is 2. The van der Waals surface area contributed by atoms with Crippen LogP contribution in [0.2, 0.25) is 18.6 Å². The van der Waals surface area contributed by atoms with Crippen LogP contribution < -0.4 is 5.19 Å². The zero-order valence-electron chi connectivity index (χ0n) is 13.8. The molecule has 0 aromatic heterocycles. The molecule has 4 heteroatoms. The van der Waals surface area contributed by atoms with Gasteiger partial charge >= 0.3 is 5.97 Å². The molecule has 1 aromatic carbocycles. The zero-order valence-corrected chi connectivity index (χ0v) is 14.8. The summed E-state index contributed by atoms with van der Waals surface area (Å²) in [6.45, 7) is 8.76. The van der Waals surface area contributed by atoms with Gasteiger partial charge in [-0.2, -0.15) is 0 Å². The lowest BCUT2D eigenvalue weighted by molar-refractivity contribution is -0.135. The van der Waals surface area contributed by atoms with Crippen LogP contribution in [0.15, 0.2) is 42.0 Å². The maximum absolute atomic E-state index is 12.1. The summed E-state index contributed by atoms with van der Waals surface area (Å²) in [5.74, 6) is -0.219. The van der Waals surface area contributed by atoms with Gasteiger partial charge in [0, 0.05) is 16.5 Å². The van der Waals surface area contributed by atoms with Crippen molar-refractivity contribution < 1.29 is 14.3 Å². The Labute approximate surface area is 133 Å². The highest BCUT2D eigenvalue weighted by Gasteiger charge is 2.43. The Morgan fingerprint density at radius 3 is 2.50 bits per heavy atom. The highest BCUT2D eigenvalue weighted by molar-refractivity contribution is 6.92. The van der Waals surface area contributed by atoms with Gasteiger partial charge in [-0.1, -0.05) is 68.5 Å².